The molecule has 4 rings (SSSR count). The number of aryl methyl sites for hydroxylation is 1. The lowest BCUT2D eigenvalue weighted by Crippen LogP contribution is -2.22. The fraction of sp³-hybridized carbons (Fsp3) is 0.292. The molecular weight excluding hydrogens is 392 g/mol. The van der Waals surface area contributed by atoms with Crippen LogP contribution in [0.3, 0.4) is 0 Å². The van der Waals surface area contributed by atoms with Gasteiger partial charge < -0.3 is 15.0 Å². The van der Waals surface area contributed by atoms with E-state index >= 15 is 0 Å². The third-order valence-electron chi connectivity index (χ3n) is 5.52. The van der Waals surface area contributed by atoms with Gasteiger partial charge in [-0.1, -0.05) is 17.7 Å². The van der Waals surface area contributed by atoms with E-state index in [1.54, 1.807) is 32.3 Å². The molecule has 1 aliphatic rings. The Labute approximate surface area is 181 Å². The second-order valence-corrected chi connectivity index (χ2v) is 7.94. The van der Waals surface area contributed by atoms with Crippen LogP contribution in [0.5, 0.6) is 5.75 Å². The molecular formula is C24H26N4O3. The van der Waals surface area contributed by atoms with Gasteiger partial charge in [0.2, 0.25) is 0 Å². The van der Waals surface area contributed by atoms with Gasteiger partial charge >= 0.3 is 0 Å². The summed E-state index contributed by atoms with van der Waals surface area (Å²) in [7, 11) is 4.90. The standard InChI is InChI=1S/C24H26N4O3/c1-15-8-11-17(12-9-15)28-20-7-5-6-18(20)22(26-28)23(29)25-19-14-16(24(30)27(2)3)10-13-21(19)31-4/h8-14H,5-7H2,1-4H3,(H,25,29). The average Bonchev–Trinajstić information content (AvgIpc) is 3.36. The van der Waals surface area contributed by atoms with E-state index in [-0.39, 0.29) is 11.8 Å². The van der Waals surface area contributed by atoms with Crippen molar-refractivity contribution in [3.8, 4) is 11.4 Å². The number of carbonyl (C=O) groups excluding carboxylic acids is 2. The quantitative estimate of drug-likeness (QED) is 0.686. The highest BCUT2D eigenvalue weighted by molar-refractivity contribution is 6.06. The van der Waals surface area contributed by atoms with Gasteiger partial charge in [0.25, 0.3) is 11.8 Å². The number of nitrogens with zero attached hydrogens (tertiary/aromatic N) is 3. The molecule has 1 aliphatic carbocycles. The summed E-state index contributed by atoms with van der Waals surface area (Å²) in [6.45, 7) is 2.04. The van der Waals surface area contributed by atoms with Gasteiger partial charge in [0.05, 0.1) is 18.5 Å². The van der Waals surface area contributed by atoms with Crippen molar-refractivity contribution in [2.45, 2.75) is 26.2 Å². The summed E-state index contributed by atoms with van der Waals surface area (Å²) < 4.78 is 7.27. The maximum Gasteiger partial charge on any atom is 0.276 e. The van der Waals surface area contributed by atoms with E-state index in [0.717, 1.165) is 36.2 Å². The lowest BCUT2D eigenvalue weighted by Gasteiger charge is -2.14. The first-order chi connectivity index (χ1) is 14.9. The summed E-state index contributed by atoms with van der Waals surface area (Å²) >= 11 is 0. The molecule has 2 amide bonds. The molecule has 7 heteroatoms. The number of benzene rings is 2. The third-order valence-corrected chi connectivity index (χ3v) is 5.52. The lowest BCUT2D eigenvalue weighted by atomic mass is 10.1. The van der Waals surface area contributed by atoms with Gasteiger partial charge in [0.1, 0.15) is 5.75 Å². The van der Waals surface area contributed by atoms with Crippen LogP contribution in [-0.4, -0.2) is 47.7 Å². The molecule has 2 aromatic carbocycles. The minimum absolute atomic E-state index is 0.150. The fourth-order valence-corrected chi connectivity index (χ4v) is 3.90. The number of hydrogen-bond donors (Lipinski definition) is 1. The van der Waals surface area contributed by atoms with Gasteiger partial charge in [-0.05, 0) is 56.5 Å². The van der Waals surface area contributed by atoms with Gasteiger partial charge in [-0.15, -0.1) is 0 Å². The Morgan fingerprint density at radius 2 is 1.84 bits per heavy atom. The van der Waals surface area contributed by atoms with E-state index in [4.69, 9.17) is 4.74 Å². The molecule has 0 atom stereocenters. The van der Waals surface area contributed by atoms with Crippen molar-refractivity contribution in [3.05, 3.63) is 70.5 Å². The first-order valence-electron chi connectivity index (χ1n) is 10.3. The number of fused-ring (bicyclic) bond motifs is 1. The summed E-state index contributed by atoms with van der Waals surface area (Å²) in [6.07, 6.45) is 2.70. The van der Waals surface area contributed by atoms with E-state index in [1.165, 1.54) is 17.6 Å². The molecule has 1 heterocycles. The van der Waals surface area contributed by atoms with E-state index in [9.17, 15) is 9.59 Å². The zero-order valence-electron chi connectivity index (χ0n) is 18.2. The SMILES string of the molecule is COc1ccc(C(=O)N(C)C)cc1NC(=O)c1nn(-c2ccc(C)cc2)c2c1CCC2. The number of nitrogens with one attached hydrogen (secondary N) is 1. The van der Waals surface area contributed by atoms with Crippen LogP contribution in [0, 0.1) is 6.92 Å². The Morgan fingerprint density at radius 3 is 2.52 bits per heavy atom. The molecule has 7 nitrogen and oxygen atoms in total. The van der Waals surface area contributed by atoms with Gasteiger partial charge in [-0.2, -0.15) is 5.10 Å². The normalized spacial score (nSPS) is 12.4. The zero-order chi connectivity index (χ0) is 22.1. The van der Waals surface area contributed by atoms with Crippen LogP contribution < -0.4 is 10.1 Å². The highest BCUT2D eigenvalue weighted by Crippen LogP contribution is 2.30. The Kier molecular flexibility index (Phi) is 5.50. The predicted octanol–water partition coefficient (Wildman–Crippen LogP) is 3.63. The molecule has 0 bridgehead atoms. The lowest BCUT2D eigenvalue weighted by molar-refractivity contribution is 0.0827. The van der Waals surface area contributed by atoms with Crippen LogP contribution in [-0.2, 0) is 12.8 Å². The zero-order valence-corrected chi connectivity index (χ0v) is 18.2. The van der Waals surface area contributed by atoms with Gasteiger partial charge in [0.15, 0.2) is 5.69 Å². The number of carbonyl (C=O) groups is 2. The van der Waals surface area contributed by atoms with Crippen molar-refractivity contribution in [1.82, 2.24) is 14.7 Å². The number of hydrogen-bond acceptors (Lipinski definition) is 4. The smallest absolute Gasteiger partial charge is 0.276 e. The molecule has 0 aliphatic heterocycles. The molecule has 0 spiro atoms. The minimum atomic E-state index is -0.309. The summed E-state index contributed by atoms with van der Waals surface area (Å²) in [5.74, 6) is 0.0257. The Balaban J connectivity index is 1.68. The van der Waals surface area contributed by atoms with Crippen LogP contribution in [0.2, 0.25) is 0 Å². The predicted molar refractivity (Wildman–Crippen MR) is 119 cm³/mol. The minimum Gasteiger partial charge on any atom is -0.495 e. The van der Waals surface area contributed by atoms with Crippen LogP contribution >= 0.6 is 0 Å². The average molecular weight is 418 g/mol. The number of ether oxygens (including phenoxy) is 1. The number of rotatable bonds is 5. The van der Waals surface area contributed by atoms with Crippen molar-refractivity contribution >= 4 is 17.5 Å². The number of methoxy groups -OCH3 is 1. The highest BCUT2D eigenvalue weighted by Gasteiger charge is 2.27. The molecule has 160 valence electrons. The molecule has 0 unspecified atom stereocenters. The molecule has 1 aromatic heterocycles. The summed E-state index contributed by atoms with van der Waals surface area (Å²) in [6, 6.07) is 13.1. The van der Waals surface area contributed by atoms with Gasteiger partial charge in [-0.25, -0.2) is 4.68 Å². The number of aromatic nitrogens is 2. The highest BCUT2D eigenvalue weighted by atomic mass is 16.5. The second-order valence-electron chi connectivity index (χ2n) is 7.94. The molecule has 3 aromatic rings. The third kappa shape index (κ3) is 3.91. The van der Waals surface area contributed by atoms with Crippen LogP contribution in [0.15, 0.2) is 42.5 Å². The molecule has 0 saturated heterocycles. The maximum atomic E-state index is 13.2. The monoisotopic (exact) mass is 418 g/mol. The summed E-state index contributed by atoms with van der Waals surface area (Å²) in [4.78, 5) is 27.1. The fourth-order valence-electron chi connectivity index (χ4n) is 3.90. The molecule has 1 N–H and O–H groups in total. The van der Waals surface area contributed by atoms with Crippen LogP contribution in [0.4, 0.5) is 5.69 Å². The maximum absolute atomic E-state index is 13.2. The summed E-state index contributed by atoms with van der Waals surface area (Å²) in [5.41, 5.74) is 5.51. The Morgan fingerprint density at radius 1 is 1.10 bits per heavy atom. The van der Waals surface area contributed by atoms with Crippen molar-refractivity contribution in [2.75, 3.05) is 26.5 Å². The van der Waals surface area contributed by atoms with Crippen LogP contribution in [0.1, 0.15) is 44.1 Å². The van der Waals surface area contributed by atoms with Crippen molar-refractivity contribution in [2.24, 2.45) is 0 Å². The molecule has 0 saturated carbocycles. The first-order valence-corrected chi connectivity index (χ1v) is 10.3. The number of amides is 2. The largest absolute Gasteiger partial charge is 0.495 e. The summed E-state index contributed by atoms with van der Waals surface area (Å²) in [5, 5.41) is 7.56. The van der Waals surface area contributed by atoms with E-state index in [0.29, 0.717) is 22.7 Å². The Hall–Kier alpha value is -3.61. The Bertz CT molecular complexity index is 1150. The van der Waals surface area contributed by atoms with Gasteiger partial charge in [-0.3, -0.25) is 9.59 Å². The van der Waals surface area contributed by atoms with E-state index < -0.39 is 0 Å². The second kappa shape index (κ2) is 8.26. The van der Waals surface area contributed by atoms with Crippen LogP contribution in [0.25, 0.3) is 5.69 Å². The molecule has 0 radical (unpaired) electrons. The van der Waals surface area contributed by atoms with E-state index in [2.05, 4.69) is 10.4 Å². The molecule has 0 fully saturated rings. The van der Waals surface area contributed by atoms with Gasteiger partial charge in [0, 0.05) is 30.9 Å². The van der Waals surface area contributed by atoms with Crippen molar-refractivity contribution in [3.63, 3.8) is 0 Å². The molecule has 31 heavy (non-hydrogen) atoms. The van der Waals surface area contributed by atoms with Crippen molar-refractivity contribution in [1.29, 1.82) is 0 Å². The number of anilines is 1. The van der Waals surface area contributed by atoms with E-state index in [1.807, 2.05) is 35.9 Å². The topological polar surface area (TPSA) is 76.5 Å². The first kappa shape index (κ1) is 20.7. The van der Waals surface area contributed by atoms with Crippen molar-refractivity contribution < 1.29 is 14.3 Å².